The van der Waals surface area contributed by atoms with Gasteiger partial charge in [0.05, 0.1) is 15.7 Å². The number of benzene rings is 2. The summed E-state index contributed by atoms with van der Waals surface area (Å²) in [6, 6.07) is 16.8. The number of furan rings is 1. The van der Waals surface area contributed by atoms with Crippen LogP contribution in [0.3, 0.4) is 0 Å². The number of hydrogen-bond acceptors (Lipinski definition) is 5. The molecule has 4 nitrogen and oxygen atoms in total. The number of thiazole rings is 1. The first kappa shape index (κ1) is 14.7. The zero-order chi connectivity index (χ0) is 16.5. The van der Waals surface area contributed by atoms with Crippen molar-refractivity contribution >= 4 is 33.0 Å². The summed E-state index contributed by atoms with van der Waals surface area (Å²) in [6.07, 6.45) is 0.303. The van der Waals surface area contributed by atoms with Crippen LogP contribution in [0.1, 0.15) is 16.1 Å². The van der Waals surface area contributed by atoms with E-state index < -0.39 is 0 Å². The second kappa shape index (κ2) is 5.94. The van der Waals surface area contributed by atoms with Gasteiger partial charge in [-0.15, -0.1) is 11.3 Å². The molecule has 0 spiro atoms. The molecule has 0 radical (unpaired) electrons. The van der Waals surface area contributed by atoms with E-state index in [1.807, 2.05) is 42.5 Å². The minimum absolute atomic E-state index is 0.0472. The molecule has 0 saturated heterocycles. The molecule has 0 saturated carbocycles. The predicted molar refractivity (Wildman–Crippen MR) is 96.2 cm³/mol. The molecule has 0 aliphatic carbocycles. The zero-order valence-corrected chi connectivity index (χ0v) is 13.5. The molecule has 0 bridgehead atoms. The first-order valence-corrected chi connectivity index (χ1v) is 8.38. The molecule has 0 unspecified atom stereocenters. The first-order valence-electron chi connectivity index (χ1n) is 7.50. The van der Waals surface area contributed by atoms with Crippen LogP contribution in [0.4, 0.5) is 5.69 Å². The standard InChI is InChI=1S/C19H14N2O2S/c20-14-3-1-2-13(10-14)17-6-7-18(23-17)16(22)8-12-4-5-15-19(9-12)24-11-21-15/h1-7,9-11H,8,20H2. The molecular weight excluding hydrogens is 320 g/mol. The molecule has 0 aliphatic heterocycles. The molecule has 2 aromatic heterocycles. The van der Waals surface area contributed by atoms with Gasteiger partial charge < -0.3 is 10.2 Å². The van der Waals surface area contributed by atoms with E-state index in [1.165, 1.54) is 0 Å². The monoisotopic (exact) mass is 334 g/mol. The van der Waals surface area contributed by atoms with Gasteiger partial charge in [-0.25, -0.2) is 4.98 Å². The highest BCUT2D eigenvalue weighted by atomic mass is 32.1. The van der Waals surface area contributed by atoms with E-state index in [4.69, 9.17) is 10.2 Å². The normalized spacial score (nSPS) is 11.0. The Bertz CT molecular complexity index is 1030. The van der Waals surface area contributed by atoms with Crippen molar-refractivity contribution in [1.82, 2.24) is 4.98 Å². The number of Topliss-reactive ketones (excluding diaryl/α,β-unsaturated/α-hetero) is 1. The Morgan fingerprint density at radius 3 is 2.92 bits per heavy atom. The fourth-order valence-electron chi connectivity index (χ4n) is 2.62. The average molecular weight is 334 g/mol. The van der Waals surface area contributed by atoms with Gasteiger partial charge in [-0.05, 0) is 42.0 Å². The van der Waals surface area contributed by atoms with Crippen molar-refractivity contribution in [3.05, 3.63) is 71.4 Å². The van der Waals surface area contributed by atoms with Gasteiger partial charge >= 0.3 is 0 Å². The second-order valence-electron chi connectivity index (χ2n) is 5.54. The Balaban J connectivity index is 1.56. The van der Waals surface area contributed by atoms with Gasteiger partial charge in [-0.1, -0.05) is 18.2 Å². The van der Waals surface area contributed by atoms with Crippen LogP contribution in [0.25, 0.3) is 21.5 Å². The molecule has 24 heavy (non-hydrogen) atoms. The maximum atomic E-state index is 12.5. The number of fused-ring (bicyclic) bond motifs is 1. The number of carbonyl (C=O) groups excluding carboxylic acids is 1. The van der Waals surface area contributed by atoms with E-state index >= 15 is 0 Å². The summed E-state index contributed by atoms with van der Waals surface area (Å²) in [5, 5.41) is 0. The van der Waals surface area contributed by atoms with Crippen LogP contribution in [-0.4, -0.2) is 10.8 Å². The van der Waals surface area contributed by atoms with Crippen molar-refractivity contribution in [3.63, 3.8) is 0 Å². The lowest BCUT2D eigenvalue weighted by Gasteiger charge is -2.00. The van der Waals surface area contributed by atoms with E-state index in [2.05, 4.69) is 4.98 Å². The van der Waals surface area contributed by atoms with Crippen LogP contribution in [-0.2, 0) is 6.42 Å². The lowest BCUT2D eigenvalue weighted by Crippen LogP contribution is -2.01. The Morgan fingerprint density at radius 1 is 1.12 bits per heavy atom. The fraction of sp³-hybridized carbons (Fsp3) is 0.0526. The summed E-state index contributed by atoms with van der Waals surface area (Å²) in [5.74, 6) is 0.953. The molecular formula is C19H14N2O2S. The lowest BCUT2D eigenvalue weighted by molar-refractivity contribution is 0.0967. The topological polar surface area (TPSA) is 69.1 Å². The van der Waals surface area contributed by atoms with Gasteiger partial charge in [0.2, 0.25) is 5.78 Å². The third-order valence-electron chi connectivity index (χ3n) is 3.81. The summed E-state index contributed by atoms with van der Waals surface area (Å²) >= 11 is 1.57. The number of ketones is 1. The second-order valence-corrected chi connectivity index (χ2v) is 6.43. The molecule has 5 heteroatoms. The number of anilines is 1. The van der Waals surface area contributed by atoms with Crippen molar-refractivity contribution in [3.8, 4) is 11.3 Å². The van der Waals surface area contributed by atoms with Crippen LogP contribution in [0.2, 0.25) is 0 Å². The van der Waals surface area contributed by atoms with Crippen molar-refractivity contribution in [1.29, 1.82) is 0 Å². The minimum Gasteiger partial charge on any atom is -0.453 e. The lowest BCUT2D eigenvalue weighted by atomic mass is 10.1. The summed E-state index contributed by atoms with van der Waals surface area (Å²) in [4.78, 5) is 16.7. The number of aromatic nitrogens is 1. The zero-order valence-electron chi connectivity index (χ0n) is 12.7. The van der Waals surface area contributed by atoms with E-state index in [-0.39, 0.29) is 5.78 Å². The molecule has 118 valence electrons. The SMILES string of the molecule is Nc1cccc(-c2ccc(C(=O)Cc3ccc4ncsc4c3)o2)c1. The Kier molecular flexibility index (Phi) is 3.63. The Hall–Kier alpha value is -2.92. The first-order chi connectivity index (χ1) is 11.7. The number of nitrogens with zero attached hydrogens (tertiary/aromatic N) is 1. The number of nitrogens with two attached hydrogens (primary N) is 1. The maximum absolute atomic E-state index is 12.5. The molecule has 0 amide bonds. The summed E-state index contributed by atoms with van der Waals surface area (Å²) in [5.41, 5.74) is 11.0. The van der Waals surface area contributed by atoms with Crippen molar-refractivity contribution in [2.45, 2.75) is 6.42 Å². The van der Waals surface area contributed by atoms with Gasteiger partial charge in [0.15, 0.2) is 5.76 Å². The largest absolute Gasteiger partial charge is 0.453 e. The highest BCUT2D eigenvalue weighted by Crippen LogP contribution is 2.25. The quantitative estimate of drug-likeness (QED) is 0.438. The predicted octanol–water partition coefficient (Wildman–Crippen LogP) is 4.56. The van der Waals surface area contributed by atoms with Crippen molar-refractivity contribution in [2.75, 3.05) is 5.73 Å². The average Bonchev–Trinajstić information content (AvgIpc) is 3.24. The number of nitrogen functional groups attached to an aromatic ring is 1. The van der Waals surface area contributed by atoms with Crippen LogP contribution in [0.5, 0.6) is 0 Å². The number of carbonyl (C=O) groups is 1. The summed E-state index contributed by atoms with van der Waals surface area (Å²) < 4.78 is 6.80. The van der Waals surface area contributed by atoms with E-state index in [0.717, 1.165) is 21.3 Å². The molecule has 4 aromatic rings. The smallest absolute Gasteiger partial charge is 0.202 e. The van der Waals surface area contributed by atoms with Crippen molar-refractivity contribution < 1.29 is 9.21 Å². The van der Waals surface area contributed by atoms with Gasteiger partial charge in [-0.3, -0.25) is 4.79 Å². The molecule has 0 atom stereocenters. The van der Waals surface area contributed by atoms with Gasteiger partial charge in [0.1, 0.15) is 5.76 Å². The van der Waals surface area contributed by atoms with E-state index in [9.17, 15) is 4.79 Å². The number of rotatable bonds is 4. The summed E-state index contributed by atoms with van der Waals surface area (Å²) in [7, 11) is 0. The van der Waals surface area contributed by atoms with Gasteiger partial charge in [-0.2, -0.15) is 0 Å². The molecule has 4 rings (SSSR count). The third kappa shape index (κ3) is 2.81. The summed E-state index contributed by atoms with van der Waals surface area (Å²) in [6.45, 7) is 0. The maximum Gasteiger partial charge on any atom is 0.202 e. The van der Waals surface area contributed by atoms with E-state index in [1.54, 1.807) is 29.0 Å². The van der Waals surface area contributed by atoms with Crippen LogP contribution in [0, 0.1) is 0 Å². The molecule has 2 aromatic carbocycles. The van der Waals surface area contributed by atoms with Gasteiger partial charge in [0.25, 0.3) is 0 Å². The number of hydrogen-bond donors (Lipinski definition) is 1. The van der Waals surface area contributed by atoms with Crippen LogP contribution >= 0.6 is 11.3 Å². The molecule has 2 heterocycles. The Labute approximate surface area is 142 Å². The third-order valence-corrected chi connectivity index (χ3v) is 4.60. The van der Waals surface area contributed by atoms with Crippen LogP contribution in [0.15, 0.2) is 64.5 Å². The molecule has 0 fully saturated rings. The molecule has 2 N–H and O–H groups in total. The van der Waals surface area contributed by atoms with Gasteiger partial charge in [0, 0.05) is 17.7 Å². The highest BCUT2D eigenvalue weighted by molar-refractivity contribution is 7.16. The van der Waals surface area contributed by atoms with E-state index in [0.29, 0.717) is 23.6 Å². The molecule has 0 aliphatic rings. The Morgan fingerprint density at radius 2 is 2.04 bits per heavy atom. The van der Waals surface area contributed by atoms with Crippen molar-refractivity contribution in [2.24, 2.45) is 0 Å². The highest BCUT2D eigenvalue weighted by Gasteiger charge is 2.13. The fourth-order valence-corrected chi connectivity index (χ4v) is 3.36. The minimum atomic E-state index is -0.0472. The van der Waals surface area contributed by atoms with Crippen LogP contribution < -0.4 is 5.73 Å².